The number of alkyl halides is 2. The van der Waals surface area contributed by atoms with Crippen molar-refractivity contribution in [2.45, 2.75) is 20.5 Å². The van der Waals surface area contributed by atoms with Crippen LogP contribution in [0.4, 0.5) is 14.5 Å². The molecule has 122 valence electrons. The maximum Gasteiger partial charge on any atom is 0.387 e. The molecule has 0 fully saturated rings. The highest BCUT2D eigenvalue weighted by Crippen LogP contribution is 2.23. The molecule has 2 aromatic rings. The van der Waals surface area contributed by atoms with Crippen LogP contribution in [0.15, 0.2) is 34.3 Å². The van der Waals surface area contributed by atoms with E-state index in [0.29, 0.717) is 11.3 Å². The lowest BCUT2D eigenvalue weighted by atomic mass is 10.1. The van der Waals surface area contributed by atoms with Gasteiger partial charge >= 0.3 is 6.61 Å². The number of nitrogens with one attached hydrogen (secondary N) is 2. The topological polar surface area (TPSA) is 79.4 Å². The molecular formula is C14H13ClF2N4O2. The summed E-state index contributed by atoms with van der Waals surface area (Å²) in [5, 5.41) is 9.69. The molecule has 2 rings (SSSR count). The fraction of sp³-hybridized carbons (Fsp3) is 0.214. The van der Waals surface area contributed by atoms with Crippen molar-refractivity contribution in [2.24, 2.45) is 5.10 Å². The number of hydrogen-bond acceptors (Lipinski definition) is 5. The third kappa shape index (κ3) is 4.26. The smallest absolute Gasteiger partial charge is 0.387 e. The number of aryl methyl sites for hydroxylation is 1. The van der Waals surface area contributed by atoms with E-state index in [2.05, 4.69) is 25.5 Å². The number of benzene rings is 1. The number of anilines is 1. The van der Waals surface area contributed by atoms with Crippen molar-refractivity contribution in [1.29, 1.82) is 0 Å². The first-order valence-corrected chi connectivity index (χ1v) is 6.85. The van der Waals surface area contributed by atoms with Crippen molar-refractivity contribution in [3.63, 3.8) is 0 Å². The molecule has 0 bridgehead atoms. The maximum atomic E-state index is 12.5. The molecule has 1 aromatic carbocycles. The van der Waals surface area contributed by atoms with Gasteiger partial charge in [0.05, 0.1) is 11.9 Å². The van der Waals surface area contributed by atoms with E-state index in [4.69, 9.17) is 11.6 Å². The van der Waals surface area contributed by atoms with E-state index in [1.807, 2.05) is 6.92 Å². The predicted octanol–water partition coefficient (Wildman–Crippen LogP) is 3.17. The summed E-state index contributed by atoms with van der Waals surface area (Å²) in [5.41, 5.74) is 3.83. The highest BCUT2D eigenvalue weighted by Gasteiger charge is 2.12. The van der Waals surface area contributed by atoms with Crippen LogP contribution in [0.5, 0.6) is 5.75 Å². The van der Waals surface area contributed by atoms with Gasteiger partial charge in [-0.1, -0.05) is 23.2 Å². The van der Waals surface area contributed by atoms with Crippen molar-refractivity contribution in [1.82, 2.24) is 10.2 Å². The molecule has 0 aliphatic heterocycles. The van der Waals surface area contributed by atoms with E-state index >= 15 is 0 Å². The molecule has 6 nitrogen and oxygen atoms in total. The fourth-order valence-corrected chi connectivity index (χ4v) is 1.92. The van der Waals surface area contributed by atoms with E-state index in [1.165, 1.54) is 12.3 Å². The molecular weight excluding hydrogens is 330 g/mol. The second-order valence-corrected chi connectivity index (χ2v) is 4.99. The average molecular weight is 343 g/mol. The van der Waals surface area contributed by atoms with Crippen LogP contribution in [-0.4, -0.2) is 22.5 Å². The van der Waals surface area contributed by atoms with Gasteiger partial charge in [-0.2, -0.15) is 19.0 Å². The summed E-state index contributed by atoms with van der Waals surface area (Å²) in [5.74, 6) is 0.00350. The lowest BCUT2D eigenvalue weighted by Crippen LogP contribution is -2.11. The number of hydrogen-bond donors (Lipinski definition) is 2. The van der Waals surface area contributed by atoms with Crippen LogP contribution in [0.25, 0.3) is 0 Å². The zero-order valence-electron chi connectivity index (χ0n) is 12.2. The zero-order chi connectivity index (χ0) is 17.0. The van der Waals surface area contributed by atoms with Gasteiger partial charge < -0.3 is 4.74 Å². The highest BCUT2D eigenvalue weighted by atomic mass is 35.5. The Hall–Kier alpha value is -2.48. The quantitative estimate of drug-likeness (QED) is 0.646. The summed E-state index contributed by atoms with van der Waals surface area (Å²) in [4.78, 5) is 11.3. The molecule has 23 heavy (non-hydrogen) atoms. The minimum atomic E-state index is -2.94. The summed E-state index contributed by atoms with van der Waals surface area (Å²) >= 11 is 5.81. The van der Waals surface area contributed by atoms with Gasteiger partial charge in [-0.3, -0.25) is 10.2 Å². The van der Waals surface area contributed by atoms with Crippen LogP contribution in [0.3, 0.4) is 0 Å². The Kier molecular flexibility index (Phi) is 5.28. The zero-order valence-corrected chi connectivity index (χ0v) is 13.0. The van der Waals surface area contributed by atoms with Crippen LogP contribution in [0.2, 0.25) is 5.02 Å². The Morgan fingerprint density at radius 1 is 1.48 bits per heavy atom. The van der Waals surface area contributed by atoms with Crippen LogP contribution in [0, 0.1) is 6.92 Å². The molecule has 0 spiro atoms. The number of H-pyrrole nitrogens is 1. The second kappa shape index (κ2) is 7.19. The largest absolute Gasteiger partial charge is 0.434 e. The van der Waals surface area contributed by atoms with Gasteiger partial charge in [-0.05, 0) is 26.0 Å². The van der Waals surface area contributed by atoms with Crippen molar-refractivity contribution in [3.05, 3.63) is 50.9 Å². The van der Waals surface area contributed by atoms with Gasteiger partial charge in [0.15, 0.2) is 0 Å². The van der Waals surface area contributed by atoms with Crippen molar-refractivity contribution >= 4 is 23.0 Å². The summed E-state index contributed by atoms with van der Waals surface area (Å²) in [6.45, 7) is 0.478. The Morgan fingerprint density at radius 2 is 2.22 bits per heavy atom. The number of ether oxygens (including phenoxy) is 1. The van der Waals surface area contributed by atoms with Crippen molar-refractivity contribution < 1.29 is 13.5 Å². The van der Waals surface area contributed by atoms with Gasteiger partial charge in [0.2, 0.25) is 0 Å². The summed E-state index contributed by atoms with van der Waals surface area (Å²) < 4.78 is 29.4. The number of halogens is 3. The molecule has 0 amide bonds. The standard InChI is InChI=1S/C14H13ClF2N4O2/c1-7-3-4-11(23-14(16)17)9(5-7)8(2)19-20-10-6-18-21-13(22)12(10)15/h3-6,14H,1-2H3,(H2,20,21,22)/b19-8-. The summed E-state index contributed by atoms with van der Waals surface area (Å²) in [6.07, 6.45) is 1.29. The summed E-state index contributed by atoms with van der Waals surface area (Å²) in [7, 11) is 0. The van der Waals surface area contributed by atoms with Crippen molar-refractivity contribution in [3.8, 4) is 5.75 Å². The number of nitrogens with zero attached hydrogens (tertiary/aromatic N) is 2. The van der Waals surface area contributed by atoms with Gasteiger partial charge in [-0.25, -0.2) is 5.10 Å². The molecule has 9 heteroatoms. The van der Waals surface area contributed by atoms with Gasteiger partial charge in [-0.15, -0.1) is 0 Å². The number of hydrazone groups is 1. The maximum absolute atomic E-state index is 12.5. The van der Waals surface area contributed by atoms with Crippen LogP contribution in [0.1, 0.15) is 18.1 Å². The van der Waals surface area contributed by atoms with E-state index in [-0.39, 0.29) is 16.5 Å². The molecule has 1 aromatic heterocycles. The Morgan fingerprint density at radius 3 is 2.91 bits per heavy atom. The van der Waals surface area contributed by atoms with E-state index < -0.39 is 12.2 Å². The van der Waals surface area contributed by atoms with E-state index in [0.717, 1.165) is 5.56 Å². The average Bonchev–Trinajstić information content (AvgIpc) is 2.50. The van der Waals surface area contributed by atoms with Crippen LogP contribution >= 0.6 is 11.6 Å². The molecule has 2 N–H and O–H groups in total. The monoisotopic (exact) mass is 342 g/mol. The highest BCUT2D eigenvalue weighted by molar-refractivity contribution is 6.32. The van der Waals surface area contributed by atoms with Gasteiger partial charge in [0, 0.05) is 5.56 Å². The minimum Gasteiger partial charge on any atom is -0.434 e. The third-order valence-electron chi connectivity index (χ3n) is 2.88. The SMILES string of the molecule is C/C(=N/Nc1cn[nH]c(=O)c1Cl)c1cc(C)ccc1OC(F)F. The van der Waals surface area contributed by atoms with Crippen LogP contribution in [-0.2, 0) is 0 Å². The lowest BCUT2D eigenvalue weighted by molar-refractivity contribution is -0.0499. The van der Waals surface area contributed by atoms with Gasteiger partial charge in [0.25, 0.3) is 5.56 Å². The molecule has 0 unspecified atom stereocenters. The molecule has 0 saturated carbocycles. The molecule has 0 aliphatic carbocycles. The minimum absolute atomic E-state index is 0.00350. The Labute approximate surface area is 135 Å². The summed E-state index contributed by atoms with van der Waals surface area (Å²) in [6, 6.07) is 4.76. The fourth-order valence-electron chi connectivity index (χ4n) is 1.79. The molecule has 0 radical (unpaired) electrons. The normalized spacial score (nSPS) is 11.7. The first-order valence-electron chi connectivity index (χ1n) is 6.48. The second-order valence-electron chi connectivity index (χ2n) is 4.61. The molecule has 0 saturated heterocycles. The molecule has 0 atom stereocenters. The van der Waals surface area contributed by atoms with Crippen LogP contribution < -0.4 is 15.7 Å². The first kappa shape index (κ1) is 16.9. The molecule has 0 aliphatic rings. The number of aromatic nitrogens is 2. The lowest BCUT2D eigenvalue weighted by Gasteiger charge is -2.11. The number of rotatable bonds is 5. The van der Waals surface area contributed by atoms with Crippen molar-refractivity contribution in [2.75, 3.05) is 5.43 Å². The first-order chi connectivity index (χ1) is 10.9. The Bertz CT molecular complexity index is 793. The Balaban J connectivity index is 2.32. The number of aromatic amines is 1. The predicted molar refractivity (Wildman–Crippen MR) is 83.5 cm³/mol. The molecule has 1 heterocycles. The van der Waals surface area contributed by atoms with E-state index in [9.17, 15) is 13.6 Å². The van der Waals surface area contributed by atoms with E-state index in [1.54, 1.807) is 19.1 Å². The third-order valence-corrected chi connectivity index (χ3v) is 3.26. The van der Waals surface area contributed by atoms with Gasteiger partial charge in [0.1, 0.15) is 16.5 Å².